The molecule has 1 unspecified atom stereocenters. The van der Waals surface area contributed by atoms with Crippen molar-refractivity contribution in [3.63, 3.8) is 0 Å². The molecule has 5 rings (SSSR count). The molecular weight excluding hydrogens is 483 g/mol. The summed E-state index contributed by atoms with van der Waals surface area (Å²) in [6.45, 7) is 0.413. The van der Waals surface area contributed by atoms with Crippen LogP contribution in [0.15, 0.2) is 80.5 Å². The summed E-state index contributed by atoms with van der Waals surface area (Å²) in [4.78, 5) is 4.84. The minimum atomic E-state index is -3.68. The molecule has 1 fully saturated rings. The van der Waals surface area contributed by atoms with E-state index in [1.54, 1.807) is 36.4 Å². The van der Waals surface area contributed by atoms with Gasteiger partial charge in [-0.1, -0.05) is 34.1 Å². The van der Waals surface area contributed by atoms with Crippen molar-refractivity contribution in [2.45, 2.75) is 23.8 Å². The molecule has 4 aromatic rings. The molecule has 3 aromatic carbocycles. The molecule has 31 heavy (non-hydrogen) atoms. The molecular formula is C23H18BrFN2O3S. The van der Waals surface area contributed by atoms with Gasteiger partial charge in [0.25, 0.3) is 0 Å². The standard InChI is InChI=1S/C23H18BrFN2O3S/c24-17-7-9-19(10-8-17)31(28,29)27-12-2-5-21(27)23-26-20-14-16(6-11-22(20)30-23)15-3-1-4-18(25)13-15/h1,3-4,6-11,13-14,21H,2,5,12H2. The first-order valence-corrected chi connectivity index (χ1v) is 12.1. The first-order chi connectivity index (χ1) is 14.9. The highest BCUT2D eigenvalue weighted by Gasteiger charge is 2.39. The van der Waals surface area contributed by atoms with Crippen molar-refractivity contribution in [1.29, 1.82) is 0 Å². The van der Waals surface area contributed by atoms with Crippen LogP contribution >= 0.6 is 15.9 Å². The van der Waals surface area contributed by atoms with Gasteiger partial charge in [0, 0.05) is 11.0 Å². The second-order valence-corrected chi connectivity index (χ2v) is 10.3. The predicted molar refractivity (Wildman–Crippen MR) is 119 cm³/mol. The highest BCUT2D eigenvalue weighted by atomic mass is 79.9. The van der Waals surface area contributed by atoms with Gasteiger partial charge in [-0.25, -0.2) is 17.8 Å². The number of rotatable bonds is 4. The van der Waals surface area contributed by atoms with E-state index < -0.39 is 16.1 Å². The summed E-state index contributed by atoms with van der Waals surface area (Å²) in [6.07, 6.45) is 1.37. The van der Waals surface area contributed by atoms with Gasteiger partial charge in [-0.2, -0.15) is 4.31 Å². The molecule has 2 heterocycles. The molecule has 0 radical (unpaired) electrons. The van der Waals surface area contributed by atoms with Crippen molar-refractivity contribution in [2.75, 3.05) is 6.54 Å². The lowest BCUT2D eigenvalue weighted by molar-refractivity contribution is 0.337. The number of oxazole rings is 1. The first kappa shape index (κ1) is 20.4. The van der Waals surface area contributed by atoms with Crippen LogP contribution in [-0.2, 0) is 10.0 Å². The van der Waals surface area contributed by atoms with E-state index >= 15 is 0 Å². The van der Waals surface area contributed by atoms with E-state index in [1.807, 2.05) is 18.2 Å². The van der Waals surface area contributed by atoms with E-state index in [0.717, 1.165) is 22.0 Å². The third-order valence-corrected chi connectivity index (χ3v) is 7.92. The van der Waals surface area contributed by atoms with Gasteiger partial charge in [0.2, 0.25) is 15.9 Å². The molecule has 1 atom stereocenters. The van der Waals surface area contributed by atoms with Crippen LogP contribution in [0.1, 0.15) is 24.8 Å². The zero-order valence-corrected chi connectivity index (χ0v) is 18.7. The third-order valence-electron chi connectivity index (χ3n) is 5.47. The smallest absolute Gasteiger partial charge is 0.243 e. The number of fused-ring (bicyclic) bond motifs is 1. The fourth-order valence-electron chi connectivity index (χ4n) is 3.95. The minimum absolute atomic E-state index is 0.243. The number of hydrogen-bond acceptors (Lipinski definition) is 4. The summed E-state index contributed by atoms with van der Waals surface area (Å²) < 4.78 is 48.3. The molecule has 1 aromatic heterocycles. The summed E-state index contributed by atoms with van der Waals surface area (Å²) in [5, 5.41) is 0. The van der Waals surface area contributed by atoms with E-state index in [1.165, 1.54) is 16.4 Å². The van der Waals surface area contributed by atoms with Crippen LogP contribution in [0.5, 0.6) is 0 Å². The Morgan fingerprint density at radius 2 is 1.81 bits per heavy atom. The predicted octanol–water partition coefficient (Wildman–Crippen LogP) is 5.92. The van der Waals surface area contributed by atoms with Gasteiger partial charge in [-0.05, 0) is 72.5 Å². The highest BCUT2D eigenvalue weighted by molar-refractivity contribution is 9.10. The largest absolute Gasteiger partial charge is 0.439 e. The maximum Gasteiger partial charge on any atom is 0.243 e. The van der Waals surface area contributed by atoms with E-state index in [0.29, 0.717) is 30.0 Å². The Bertz CT molecular complexity index is 1370. The van der Waals surface area contributed by atoms with E-state index in [9.17, 15) is 12.8 Å². The molecule has 8 heteroatoms. The second-order valence-electron chi connectivity index (χ2n) is 7.47. The van der Waals surface area contributed by atoms with Gasteiger partial charge in [0.15, 0.2) is 5.58 Å². The molecule has 1 aliphatic rings. The monoisotopic (exact) mass is 500 g/mol. The Hall–Kier alpha value is -2.55. The Morgan fingerprint density at radius 3 is 2.58 bits per heavy atom. The number of halogens is 2. The lowest BCUT2D eigenvalue weighted by atomic mass is 10.1. The van der Waals surface area contributed by atoms with Crippen LogP contribution in [-0.4, -0.2) is 24.3 Å². The number of benzene rings is 3. The molecule has 0 saturated carbocycles. The molecule has 0 aliphatic carbocycles. The average molecular weight is 501 g/mol. The molecule has 5 nitrogen and oxygen atoms in total. The maximum absolute atomic E-state index is 13.6. The fourth-order valence-corrected chi connectivity index (χ4v) is 5.87. The Labute approximate surface area is 187 Å². The topological polar surface area (TPSA) is 63.4 Å². The Kier molecular flexibility index (Phi) is 5.16. The van der Waals surface area contributed by atoms with Crippen molar-refractivity contribution in [3.8, 4) is 11.1 Å². The summed E-state index contributed by atoms with van der Waals surface area (Å²) in [5.41, 5.74) is 2.75. The van der Waals surface area contributed by atoms with Gasteiger partial charge in [-0.15, -0.1) is 0 Å². The molecule has 0 bridgehead atoms. The zero-order valence-electron chi connectivity index (χ0n) is 16.3. The van der Waals surface area contributed by atoms with Crippen LogP contribution < -0.4 is 0 Å². The Balaban J connectivity index is 1.50. The minimum Gasteiger partial charge on any atom is -0.439 e. The SMILES string of the molecule is O=S(=O)(c1ccc(Br)cc1)N1CCCC1c1nc2cc(-c3cccc(F)c3)ccc2o1. The molecule has 158 valence electrons. The quantitative estimate of drug-likeness (QED) is 0.348. The molecule has 0 amide bonds. The number of hydrogen-bond donors (Lipinski definition) is 0. The lowest BCUT2D eigenvalue weighted by Gasteiger charge is -2.21. The van der Waals surface area contributed by atoms with Crippen LogP contribution in [0.4, 0.5) is 4.39 Å². The summed E-state index contributed by atoms with van der Waals surface area (Å²) in [5.74, 6) is 0.0720. The summed E-state index contributed by atoms with van der Waals surface area (Å²) in [6, 6.07) is 18.0. The van der Waals surface area contributed by atoms with Crippen molar-refractivity contribution in [2.24, 2.45) is 0 Å². The zero-order chi connectivity index (χ0) is 21.6. The van der Waals surface area contributed by atoms with E-state index in [-0.39, 0.29) is 10.7 Å². The Morgan fingerprint density at radius 1 is 1.03 bits per heavy atom. The lowest BCUT2D eigenvalue weighted by Crippen LogP contribution is -2.30. The highest BCUT2D eigenvalue weighted by Crippen LogP contribution is 2.38. The number of aromatic nitrogens is 1. The van der Waals surface area contributed by atoms with Gasteiger partial charge in [0.05, 0.1) is 4.90 Å². The normalized spacial score (nSPS) is 17.4. The van der Waals surface area contributed by atoms with Crippen molar-refractivity contribution in [1.82, 2.24) is 9.29 Å². The molecule has 1 aliphatic heterocycles. The fraction of sp³-hybridized carbons (Fsp3) is 0.174. The molecule has 0 N–H and O–H groups in total. The number of nitrogens with zero attached hydrogens (tertiary/aromatic N) is 2. The van der Waals surface area contributed by atoms with Crippen LogP contribution in [0.3, 0.4) is 0 Å². The van der Waals surface area contributed by atoms with Crippen LogP contribution in [0.25, 0.3) is 22.2 Å². The molecule has 1 saturated heterocycles. The molecule has 0 spiro atoms. The van der Waals surface area contributed by atoms with Crippen LogP contribution in [0, 0.1) is 5.82 Å². The van der Waals surface area contributed by atoms with Gasteiger partial charge in [0.1, 0.15) is 17.4 Å². The van der Waals surface area contributed by atoms with Gasteiger partial charge >= 0.3 is 0 Å². The van der Waals surface area contributed by atoms with Crippen molar-refractivity contribution >= 4 is 37.1 Å². The third kappa shape index (κ3) is 3.79. The van der Waals surface area contributed by atoms with E-state index in [2.05, 4.69) is 20.9 Å². The van der Waals surface area contributed by atoms with Crippen molar-refractivity contribution < 1.29 is 17.2 Å². The summed E-state index contributed by atoms with van der Waals surface area (Å²) in [7, 11) is -3.68. The van der Waals surface area contributed by atoms with E-state index in [4.69, 9.17) is 4.42 Å². The average Bonchev–Trinajstić information content (AvgIpc) is 3.41. The van der Waals surface area contributed by atoms with Gasteiger partial charge in [-0.3, -0.25) is 0 Å². The number of sulfonamides is 1. The van der Waals surface area contributed by atoms with Crippen molar-refractivity contribution in [3.05, 3.63) is 82.9 Å². The summed E-state index contributed by atoms with van der Waals surface area (Å²) >= 11 is 3.34. The van der Waals surface area contributed by atoms with Crippen LogP contribution in [0.2, 0.25) is 0 Å². The maximum atomic E-state index is 13.6. The first-order valence-electron chi connectivity index (χ1n) is 9.86. The second kappa shape index (κ2) is 7.85. The van der Waals surface area contributed by atoms with Gasteiger partial charge < -0.3 is 4.42 Å².